The molecular formula is C3H7BO. The van der Waals surface area contributed by atoms with E-state index in [1.807, 2.05) is 0 Å². The zero-order valence-electron chi connectivity index (χ0n) is 3.62. The summed E-state index contributed by atoms with van der Waals surface area (Å²) in [5, 5.41) is 0. The minimum Gasteiger partial charge on any atom is -0.380 e. The van der Waals surface area contributed by atoms with Gasteiger partial charge in [-0.15, -0.1) is 0 Å². The predicted octanol–water partition coefficient (Wildman–Crippen LogP) is -0.634. The van der Waals surface area contributed by atoms with Gasteiger partial charge >= 0.3 is 0 Å². The molecule has 1 unspecified atom stereocenters. The van der Waals surface area contributed by atoms with Crippen LogP contribution in [0, 0.1) is 0 Å². The molecule has 0 N–H and O–H groups in total. The van der Waals surface area contributed by atoms with Crippen molar-refractivity contribution in [1.29, 1.82) is 0 Å². The zero-order valence-corrected chi connectivity index (χ0v) is 3.62. The Hall–Kier alpha value is 0.0249. The summed E-state index contributed by atoms with van der Waals surface area (Å²) in [5.41, 5.74) is 0.250. The maximum Gasteiger partial charge on any atom is 0.145 e. The van der Waals surface area contributed by atoms with Gasteiger partial charge in [0.1, 0.15) is 7.85 Å². The quantitative estimate of drug-likeness (QED) is 0.273. The van der Waals surface area contributed by atoms with E-state index in [-0.39, 0.29) is 5.50 Å². The Balaban J connectivity index is 2.38. The van der Waals surface area contributed by atoms with Crippen molar-refractivity contribution in [3.8, 4) is 0 Å². The van der Waals surface area contributed by atoms with Crippen LogP contribution < -0.4 is 0 Å². The fraction of sp³-hybridized carbons (Fsp3) is 1.00. The van der Waals surface area contributed by atoms with E-state index in [4.69, 9.17) is 4.74 Å². The van der Waals surface area contributed by atoms with Crippen LogP contribution in [0.2, 0.25) is 0 Å². The summed E-state index contributed by atoms with van der Waals surface area (Å²) in [4.78, 5) is 0. The van der Waals surface area contributed by atoms with Crippen LogP contribution in [0.3, 0.4) is 0 Å². The van der Waals surface area contributed by atoms with Gasteiger partial charge in [-0.2, -0.15) is 0 Å². The molecule has 1 aliphatic rings. The molecule has 0 aliphatic carbocycles. The smallest absolute Gasteiger partial charge is 0.145 e. The standard InChI is InChI=1S/C3H7BO/c1-3(4)2-5-3/h2,4H2,1H3. The van der Waals surface area contributed by atoms with Gasteiger partial charge in [0.05, 0.1) is 12.1 Å². The maximum absolute atomic E-state index is 4.90. The van der Waals surface area contributed by atoms with E-state index in [0.29, 0.717) is 0 Å². The average molecular weight is 69.9 g/mol. The molecule has 0 radical (unpaired) electrons. The first-order valence-corrected chi connectivity index (χ1v) is 1.85. The lowest BCUT2D eigenvalue weighted by atomic mass is 9.91. The van der Waals surface area contributed by atoms with Crippen LogP contribution in [0.4, 0.5) is 0 Å². The maximum atomic E-state index is 4.90. The molecule has 0 amide bonds. The Morgan fingerprint density at radius 3 is 2.20 bits per heavy atom. The second-order valence-corrected chi connectivity index (χ2v) is 2.05. The lowest BCUT2D eigenvalue weighted by Crippen LogP contribution is -1.99. The van der Waals surface area contributed by atoms with Crippen LogP contribution in [-0.4, -0.2) is 20.0 Å². The highest BCUT2D eigenvalue weighted by molar-refractivity contribution is 6.15. The molecule has 1 atom stereocenters. The van der Waals surface area contributed by atoms with Crippen molar-refractivity contribution < 1.29 is 4.74 Å². The zero-order chi connectivity index (χ0) is 3.91. The summed E-state index contributed by atoms with van der Waals surface area (Å²) in [6, 6.07) is 0. The summed E-state index contributed by atoms with van der Waals surface area (Å²) in [6.07, 6.45) is 0. The van der Waals surface area contributed by atoms with Gasteiger partial charge in [-0.25, -0.2) is 0 Å². The molecule has 28 valence electrons. The molecule has 0 aromatic carbocycles. The first kappa shape index (κ1) is 3.22. The lowest BCUT2D eigenvalue weighted by Gasteiger charge is -1.80. The average Bonchev–Trinajstić information content (AvgIpc) is 1.76. The van der Waals surface area contributed by atoms with Gasteiger partial charge in [0.2, 0.25) is 0 Å². The van der Waals surface area contributed by atoms with Gasteiger partial charge in [0, 0.05) is 0 Å². The van der Waals surface area contributed by atoms with Crippen molar-refractivity contribution in [3.63, 3.8) is 0 Å². The Morgan fingerprint density at radius 1 is 2.00 bits per heavy atom. The van der Waals surface area contributed by atoms with Crippen LogP contribution in [-0.2, 0) is 4.74 Å². The minimum absolute atomic E-state index is 0.250. The third-order valence-electron chi connectivity index (χ3n) is 0.722. The van der Waals surface area contributed by atoms with Gasteiger partial charge in [-0.05, 0) is 6.92 Å². The molecule has 1 heterocycles. The molecule has 1 aliphatic heterocycles. The highest BCUT2D eigenvalue weighted by atomic mass is 16.6. The molecule has 0 spiro atoms. The van der Waals surface area contributed by atoms with Crippen LogP contribution in [0.25, 0.3) is 0 Å². The van der Waals surface area contributed by atoms with E-state index in [0.717, 1.165) is 6.61 Å². The molecule has 1 nitrogen and oxygen atoms in total. The van der Waals surface area contributed by atoms with E-state index in [1.54, 1.807) is 0 Å². The van der Waals surface area contributed by atoms with E-state index < -0.39 is 0 Å². The molecule has 1 rings (SSSR count). The van der Waals surface area contributed by atoms with Crippen LogP contribution >= 0.6 is 0 Å². The fourth-order valence-electron chi connectivity index (χ4n) is 0.144. The van der Waals surface area contributed by atoms with Crippen LogP contribution in [0.5, 0.6) is 0 Å². The largest absolute Gasteiger partial charge is 0.380 e. The highest BCUT2D eigenvalue weighted by Gasteiger charge is 2.32. The SMILES string of the molecule is BC1(C)CO1. The van der Waals surface area contributed by atoms with Gasteiger partial charge in [0.15, 0.2) is 0 Å². The Kier molecular flexibility index (Phi) is 0.369. The number of ether oxygens (including phenoxy) is 1. The molecule has 0 aromatic rings. The predicted molar refractivity (Wildman–Crippen MR) is 22.9 cm³/mol. The van der Waals surface area contributed by atoms with Gasteiger partial charge in [-0.1, -0.05) is 0 Å². The van der Waals surface area contributed by atoms with E-state index in [9.17, 15) is 0 Å². The molecule has 0 saturated carbocycles. The molecule has 1 fully saturated rings. The first-order chi connectivity index (χ1) is 2.21. The van der Waals surface area contributed by atoms with Crippen molar-refractivity contribution in [3.05, 3.63) is 0 Å². The summed E-state index contributed by atoms with van der Waals surface area (Å²) in [6.45, 7) is 3.03. The van der Waals surface area contributed by atoms with Gasteiger partial charge in [-0.3, -0.25) is 0 Å². The van der Waals surface area contributed by atoms with E-state index in [2.05, 4.69) is 14.8 Å². The summed E-state index contributed by atoms with van der Waals surface area (Å²) in [5.74, 6) is 0. The van der Waals surface area contributed by atoms with Crippen molar-refractivity contribution in [2.24, 2.45) is 0 Å². The third kappa shape index (κ3) is 0.654. The van der Waals surface area contributed by atoms with Crippen molar-refractivity contribution in [1.82, 2.24) is 0 Å². The molecule has 2 heteroatoms. The van der Waals surface area contributed by atoms with Crippen LogP contribution in [0.15, 0.2) is 0 Å². The summed E-state index contributed by atoms with van der Waals surface area (Å²) >= 11 is 0. The van der Waals surface area contributed by atoms with Crippen molar-refractivity contribution in [2.45, 2.75) is 12.4 Å². The fourth-order valence-corrected chi connectivity index (χ4v) is 0.144. The third-order valence-corrected chi connectivity index (χ3v) is 0.722. The monoisotopic (exact) mass is 70.1 g/mol. The topological polar surface area (TPSA) is 12.5 Å². The first-order valence-electron chi connectivity index (χ1n) is 1.85. The second-order valence-electron chi connectivity index (χ2n) is 2.05. The van der Waals surface area contributed by atoms with Crippen molar-refractivity contribution >= 4 is 7.85 Å². The number of epoxide rings is 1. The number of hydrogen-bond donors (Lipinski definition) is 0. The molecular weight excluding hydrogens is 62.8 g/mol. The minimum atomic E-state index is 0.250. The van der Waals surface area contributed by atoms with Gasteiger partial charge < -0.3 is 4.74 Å². The van der Waals surface area contributed by atoms with E-state index >= 15 is 0 Å². The second kappa shape index (κ2) is 0.572. The summed E-state index contributed by atoms with van der Waals surface area (Å²) in [7, 11) is 2.08. The normalized spacial score (nSPS) is 49.0. The number of rotatable bonds is 0. The molecule has 0 bridgehead atoms. The van der Waals surface area contributed by atoms with Crippen LogP contribution in [0.1, 0.15) is 6.92 Å². The Labute approximate surface area is 32.7 Å². The summed E-state index contributed by atoms with van der Waals surface area (Å²) < 4.78 is 4.90. The molecule has 0 aromatic heterocycles. The van der Waals surface area contributed by atoms with Gasteiger partial charge in [0.25, 0.3) is 0 Å². The molecule has 5 heavy (non-hydrogen) atoms. The van der Waals surface area contributed by atoms with E-state index in [1.165, 1.54) is 0 Å². The highest BCUT2D eigenvalue weighted by Crippen LogP contribution is 2.19. The Morgan fingerprint density at radius 2 is 2.20 bits per heavy atom. The molecule has 1 saturated heterocycles. The number of hydrogen-bond acceptors (Lipinski definition) is 1. The Bertz CT molecular complexity index is 44.9. The lowest BCUT2D eigenvalue weighted by molar-refractivity contribution is 0.396. The van der Waals surface area contributed by atoms with Crippen molar-refractivity contribution in [2.75, 3.05) is 6.61 Å².